The highest BCUT2D eigenvalue weighted by Crippen LogP contribution is 2.35. The molecule has 0 aromatic carbocycles. The van der Waals surface area contributed by atoms with E-state index in [-0.39, 0.29) is 11.3 Å². The molecule has 0 aliphatic heterocycles. The van der Waals surface area contributed by atoms with Crippen molar-refractivity contribution in [2.45, 2.75) is 6.92 Å². The molecule has 1 aromatic rings. The highest BCUT2D eigenvalue weighted by Gasteiger charge is 2.22. The van der Waals surface area contributed by atoms with E-state index in [1.807, 2.05) is 13.0 Å². The third-order valence-electron chi connectivity index (χ3n) is 1.99. The van der Waals surface area contributed by atoms with Crippen LogP contribution in [0.1, 0.15) is 22.2 Å². The number of rotatable bonds is 4. The van der Waals surface area contributed by atoms with Crippen molar-refractivity contribution in [2.24, 2.45) is 0 Å². The molecule has 6 heteroatoms. The van der Waals surface area contributed by atoms with Crippen molar-refractivity contribution in [1.29, 1.82) is 5.26 Å². The van der Waals surface area contributed by atoms with Gasteiger partial charge in [0.05, 0.1) is 12.8 Å². The van der Waals surface area contributed by atoms with E-state index in [1.54, 1.807) is 0 Å². The monoisotopic (exact) mass is 251 g/mol. The predicted molar refractivity (Wildman–Crippen MR) is 68.1 cm³/mol. The molecule has 0 unspecified atom stereocenters. The molecule has 1 heterocycles. The number of thiophene rings is 1. The minimum atomic E-state index is -0.551. The number of nitrogens with one attached hydrogen (secondary N) is 1. The number of nitrogen functional groups attached to an aromatic ring is 1. The average Bonchev–Trinajstić information content (AvgIpc) is 2.62. The lowest BCUT2D eigenvalue weighted by Crippen LogP contribution is -2.09. The first kappa shape index (κ1) is 13.1. The van der Waals surface area contributed by atoms with Crippen LogP contribution in [0.2, 0.25) is 0 Å². The molecule has 0 saturated carbocycles. The number of nitrogens with zero attached hydrogens (tertiary/aromatic N) is 1. The van der Waals surface area contributed by atoms with Crippen LogP contribution in [-0.2, 0) is 4.74 Å². The van der Waals surface area contributed by atoms with Crippen LogP contribution in [0.4, 0.5) is 10.7 Å². The van der Waals surface area contributed by atoms with Gasteiger partial charge in [-0.25, -0.2) is 4.79 Å². The van der Waals surface area contributed by atoms with Crippen molar-refractivity contribution in [3.63, 3.8) is 0 Å². The summed E-state index contributed by atoms with van der Waals surface area (Å²) in [5.74, 6) is -0.551. The molecule has 0 saturated heterocycles. The molecule has 90 valence electrons. The number of anilines is 2. The van der Waals surface area contributed by atoms with Gasteiger partial charge in [-0.2, -0.15) is 5.26 Å². The summed E-state index contributed by atoms with van der Waals surface area (Å²) >= 11 is 1.13. The molecule has 5 nitrogen and oxygen atoms in total. The molecule has 3 N–H and O–H groups in total. The van der Waals surface area contributed by atoms with Gasteiger partial charge in [-0.15, -0.1) is 11.3 Å². The first-order valence-corrected chi connectivity index (χ1v) is 5.61. The van der Waals surface area contributed by atoms with Gasteiger partial charge in [0, 0.05) is 6.54 Å². The first-order chi connectivity index (χ1) is 8.01. The summed E-state index contributed by atoms with van der Waals surface area (Å²) in [7, 11) is 1.27. The highest BCUT2D eigenvalue weighted by molar-refractivity contribution is 7.17. The first-order valence-electron chi connectivity index (χ1n) is 4.80. The fraction of sp³-hybridized carbons (Fsp3) is 0.273. The van der Waals surface area contributed by atoms with E-state index in [9.17, 15) is 4.79 Å². The Hall–Kier alpha value is -2.00. The highest BCUT2D eigenvalue weighted by atomic mass is 32.1. The van der Waals surface area contributed by atoms with Gasteiger partial charge in [0.15, 0.2) is 0 Å². The van der Waals surface area contributed by atoms with E-state index in [2.05, 4.69) is 16.6 Å². The quantitative estimate of drug-likeness (QED) is 0.631. The lowest BCUT2D eigenvalue weighted by Gasteiger charge is -2.06. The number of carbonyl (C=O) groups excluding carboxylic acids is 1. The maximum absolute atomic E-state index is 11.6. The van der Waals surface area contributed by atoms with Crippen molar-refractivity contribution in [3.8, 4) is 6.07 Å². The van der Waals surface area contributed by atoms with Crippen LogP contribution in [0.25, 0.3) is 0 Å². The Kier molecular flexibility index (Phi) is 4.12. The maximum atomic E-state index is 11.6. The van der Waals surface area contributed by atoms with Crippen LogP contribution in [-0.4, -0.2) is 19.6 Å². The predicted octanol–water partition coefficient (Wildman–Crippen LogP) is 1.98. The summed E-state index contributed by atoms with van der Waals surface area (Å²) in [6, 6.07) is 1.95. The second-order valence-electron chi connectivity index (χ2n) is 3.46. The van der Waals surface area contributed by atoms with Crippen molar-refractivity contribution in [2.75, 3.05) is 24.7 Å². The number of hydrogen-bond acceptors (Lipinski definition) is 6. The molecule has 0 aliphatic carbocycles. The number of methoxy groups -OCH3 is 1. The molecule has 0 amide bonds. The second kappa shape index (κ2) is 5.37. The number of nitriles is 1. The minimum Gasteiger partial charge on any atom is -0.465 e. The van der Waals surface area contributed by atoms with E-state index in [0.717, 1.165) is 16.9 Å². The number of carbonyl (C=O) groups is 1. The Bertz CT molecular complexity index is 500. The molecule has 0 radical (unpaired) electrons. The minimum absolute atomic E-state index is 0.161. The zero-order chi connectivity index (χ0) is 13.0. The van der Waals surface area contributed by atoms with E-state index >= 15 is 0 Å². The summed E-state index contributed by atoms with van der Waals surface area (Å²) in [6.45, 7) is 6.11. The van der Waals surface area contributed by atoms with Gasteiger partial charge in [0.1, 0.15) is 21.5 Å². The van der Waals surface area contributed by atoms with Crippen LogP contribution in [0.3, 0.4) is 0 Å². The molecule has 17 heavy (non-hydrogen) atoms. The Morgan fingerprint density at radius 1 is 1.71 bits per heavy atom. The van der Waals surface area contributed by atoms with Crippen LogP contribution in [0.15, 0.2) is 12.2 Å². The van der Waals surface area contributed by atoms with Crippen LogP contribution in [0, 0.1) is 11.3 Å². The summed E-state index contributed by atoms with van der Waals surface area (Å²) in [6.07, 6.45) is 0. The largest absolute Gasteiger partial charge is 0.465 e. The molecule has 0 fully saturated rings. The Morgan fingerprint density at radius 2 is 2.35 bits per heavy atom. The summed E-state index contributed by atoms with van der Waals surface area (Å²) in [5, 5.41) is 12.4. The van der Waals surface area contributed by atoms with E-state index in [4.69, 9.17) is 11.0 Å². The van der Waals surface area contributed by atoms with E-state index in [1.165, 1.54) is 7.11 Å². The van der Waals surface area contributed by atoms with Gasteiger partial charge >= 0.3 is 5.97 Å². The van der Waals surface area contributed by atoms with Gasteiger partial charge in [-0.05, 0) is 6.92 Å². The zero-order valence-corrected chi connectivity index (χ0v) is 10.5. The number of esters is 1. The third kappa shape index (κ3) is 2.77. The third-order valence-corrected chi connectivity index (χ3v) is 3.05. The van der Waals surface area contributed by atoms with Crippen LogP contribution < -0.4 is 11.1 Å². The Labute approximate surface area is 103 Å². The Morgan fingerprint density at radius 3 is 2.82 bits per heavy atom. The summed E-state index contributed by atoms with van der Waals surface area (Å²) in [4.78, 5) is 11.9. The van der Waals surface area contributed by atoms with Gasteiger partial charge in [-0.1, -0.05) is 12.2 Å². The molecular formula is C11H13N3O2S. The van der Waals surface area contributed by atoms with Crippen molar-refractivity contribution in [3.05, 3.63) is 22.6 Å². The fourth-order valence-corrected chi connectivity index (χ4v) is 2.09. The fourth-order valence-electron chi connectivity index (χ4n) is 1.19. The van der Waals surface area contributed by atoms with Crippen LogP contribution in [0.5, 0.6) is 0 Å². The number of hydrogen-bond donors (Lipinski definition) is 2. The van der Waals surface area contributed by atoms with Gasteiger partial charge in [-0.3, -0.25) is 0 Å². The normalized spacial score (nSPS) is 9.47. The average molecular weight is 251 g/mol. The summed E-state index contributed by atoms with van der Waals surface area (Å²) < 4.78 is 4.64. The molecule has 0 spiro atoms. The van der Waals surface area contributed by atoms with Gasteiger partial charge in [0.2, 0.25) is 0 Å². The summed E-state index contributed by atoms with van der Waals surface area (Å²) in [5.41, 5.74) is 7.01. The second-order valence-corrected chi connectivity index (χ2v) is 4.48. The van der Waals surface area contributed by atoms with Crippen molar-refractivity contribution >= 4 is 28.0 Å². The van der Waals surface area contributed by atoms with Gasteiger partial charge < -0.3 is 15.8 Å². The lowest BCUT2D eigenvalue weighted by atomic mass is 10.2. The number of ether oxygens (including phenoxy) is 1. The standard InChI is InChI=1S/C11H13N3O2S/c1-6(2)5-14-10-8(11(15)16-3)9(13)7(4-12)17-10/h14H,1,5,13H2,2-3H3. The topological polar surface area (TPSA) is 88.1 Å². The molecule has 0 aliphatic rings. The van der Waals surface area contributed by atoms with Gasteiger partial charge in [0.25, 0.3) is 0 Å². The lowest BCUT2D eigenvalue weighted by molar-refractivity contribution is 0.0603. The molecule has 0 atom stereocenters. The zero-order valence-electron chi connectivity index (χ0n) is 9.66. The van der Waals surface area contributed by atoms with E-state index in [0.29, 0.717) is 16.4 Å². The van der Waals surface area contributed by atoms with Crippen LogP contribution >= 0.6 is 11.3 Å². The van der Waals surface area contributed by atoms with Crippen molar-refractivity contribution < 1.29 is 9.53 Å². The SMILES string of the molecule is C=C(C)CNc1sc(C#N)c(N)c1C(=O)OC. The van der Waals surface area contributed by atoms with Crippen molar-refractivity contribution in [1.82, 2.24) is 0 Å². The Balaban J connectivity index is 3.15. The molecule has 0 bridgehead atoms. The molecule has 1 aromatic heterocycles. The van der Waals surface area contributed by atoms with E-state index < -0.39 is 5.97 Å². The maximum Gasteiger partial charge on any atom is 0.343 e. The number of nitrogens with two attached hydrogens (primary N) is 1. The smallest absolute Gasteiger partial charge is 0.343 e. The molecule has 1 rings (SSSR count). The molecular weight excluding hydrogens is 238 g/mol.